The van der Waals surface area contributed by atoms with E-state index < -0.39 is 12.0 Å². The van der Waals surface area contributed by atoms with Gasteiger partial charge in [-0.25, -0.2) is 9.59 Å². The van der Waals surface area contributed by atoms with Crippen LogP contribution in [0.3, 0.4) is 0 Å². The molecule has 0 fully saturated rings. The van der Waals surface area contributed by atoms with Crippen LogP contribution in [0.2, 0.25) is 0 Å². The van der Waals surface area contributed by atoms with Crippen LogP contribution in [0.4, 0.5) is 4.79 Å². The Labute approximate surface area is 116 Å². The minimum absolute atomic E-state index is 0.358. The maximum atomic E-state index is 11.9. The van der Waals surface area contributed by atoms with Gasteiger partial charge in [0.1, 0.15) is 5.75 Å². The van der Waals surface area contributed by atoms with Crippen molar-refractivity contribution in [2.24, 2.45) is 0 Å². The molecule has 20 heavy (non-hydrogen) atoms. The minimum Gasteiger partial charge on any atom is -0.497 e. The number of benzene rings is 1. The number of urea groups is 1. The molecule has 1 aromatic carbocycles. The van der Waals surface area contributed by atoms with E-state index >= 15 is 0 Å². The molecule has 0 bridgehead atoms. The van der Waals surface area contributed by atoms with Crippen LogP contribution in [0.15, 0.2) is 35.5 Å². The number of rotatable bonds is 3. The van der Waals surface area contributed by atoms with E-state index in [1.54, 1.807) is 32.2 Å². The van der Waals surface area contributed by atoms with Gasteiger partial charge < -0.3 is 20.1 Å². The van der Waals surface area contributed by atoms with E-state index in [0.717, 1.165) is 5.56 Å². The van der Waals surface area contributed by atoms with Gasteiger partial charge in [0, 0.05) is 5.70 Å². The topological polar surface area (TPSA) is 76.7 Å². The van der Waals surface area contributed by atoms with E-state index in [-0.39, 0.29) is 6.03 Å². The molecule has 0 saturated carbocycles. The number of ether oxygens (including phenoxy) is 2. The number of carbonyl (C=O) groups excluding carboxylic acids is 2. The predicted octanol–water partition coefficient (Wildman–Crippen LogP) is 1.50. The summed E-state index contributed by atoms with van der Waals surface area (Å²) in [5.41, 5.74) is 1.60. The number of carbonyl (C=O) groups is 2. The SMILES string of the molecule is COC(=O)C1=C(C)NC(=O)N[C@H]1c1cccc(OC)c1. The molecule has 1 heterocycles. The van der Waals surface area contributed by atoms with Crippen LogP contribution in [0, 0.1) is 0 Å². The Kier molecular flexibility index (Phi) is 3.93. The fourth-order valence-electron chi connectivity index (χ4n) is 2.15. The van der Waals surface area contributed by atoms with Crippen LogP contribution < -0.4 is 15.4 Å². The average Bonchev–Trinajstić information content (AvgIpc) is 2.45. The first-order chi connectivity index (χ1) is 9.56. The maximum absolute atomic E-state index is 11.9. The molecule has 0 saturated heterocycles. The molecule has 106 valence electrons. The van der Waals surface area contributed by atoms with E-state index in [1.165, 1.54) is 7.11 Å². The number of nitrogens with one attached hydrogen (secondary N) is 2. The van der Waals surface area contributed by atoms with Crippen LogP contribution in [0.1, 0.15) is 18.5 Å². The number of hydrogen-bond acceptors (Lipinski definition) is 4. The summed E-state index contributed by atoms with van der Waals surface area (Å²) < 4.78 is 9.95. The lowest BCUT2D eigenvalue weighted by Crippen LogP contribution is -2.45. The molecular weight excluding hydrogens is 260 g/mol. The number of allylic oxidation sites excluding steroid dienone is 1. The van der Waals surface area contributed by atoms with Gasteiger partial charge in [0.05, 0.1) is 25.8 Å². The van der Waals surface area contributed by atoms with Gasteiger partial charge in [-0.2, -0.15) is 0 Å². The monoisotopic (exact) mass is 276 g/mol. The van der Waals surface area contributed by atoms with Gasteiger partial charge in [-0.15, -0.1) is 0 Å². The molecule has 1 aliphatic heterocycles. The highest BCUT2D eigenvalue weighted by atomic mass is 16.5. The lowest BCUT2D eigenvalue weighted by atomic mass is 9.95. The van der Waals surface area contributed by atoms with Crippen LogP contribution in [-0.4, -0.2) is 26.2 Å². The number of esters is 1. The van der Waals surface area contributed by atoms with E-state index in [9.17, 15) is 9.59 Å². The van der Waals surface area contributed by atoms with Crippen LogP contribution >= 0.6 is 0 Å². The highest BCUT2D eigenvalue weighted by Crippen LogP contribution is 2.29. The van der Waals surface area contributed by atoms with Gasteiger partial charge in [0.2, 0.25) is 0 Å². The fourth-order valence-corrected chi connectivity index (χ4v) is 2.15. The second-order valence-corrected chi connectivity index (χ2v) is 4.34. The van der Waals surface area contributed by atoms with Gasteiger partial charge in [-0.05, 0) is 24.6 Å². The Hall–Kier alpha value is -2.50. The molecule has 2 amide bonds. The average molecular weight is 276 g/mol. The maximum Gasteiger partial charge on any atom is 0.337 e. The summed E-state index contributed by atoms with van der Waals surface area (Å²) in [6.45, 7) is 1.66. The molecule has 1 aromatic rings. The molecule has 0 aromatic heterocycles. The number of amides is 2. The van der Waals surface area contributed by atoms with Gasteiger partial charge in [-0.1, -0.05) is 12.1 Å². The molecule has 0 radical (unpaired) electrons. The summed E-state index contributed by atoms with van der Waals surface area (Å²) >= 11 is 0. The van der Waals surface area contributed by atoms with Gasteiger partial charge >= 0.3 is 12.0 Å². The third-order valence-corrected chi connectivity index (χ3v) is 3.10. The summed E-state index contributed by atoms with van der Waals surface area (Å²) in [6.07, 6.45) is 0. The number of hydrogen-bond donors (Lipinski definition) is 2. The molecule has 1 aliphatic rings. The van der Waals surface area contributed by atoms with Gasteiger partial charge in [0.15, 0.2) is 0 Å². The van der Waals surface area contributed by atoms with Crippen molar-refractivity contribution in [1.82, 2.24) is 10.6 Å². The molecule has 6 heteroatoms. The molecule has 0 unspecified atom stereocenters. The zero-order valence-corrected chi connectivity index (χ0v) is 11.5. The van der Waals surface area contributed by atoms with E-state index in [2.05, 4.69) is 10.6 Å². The van der Waals surface area contributed by atoms with Crippen LogP contribution in [-0.2, 0) is 9.53 Å². The largest absolute Gasteiger partial charge is 0.497 e. The van der Waals surface area contributed by atoms with Crippen molar-refractivity contribution in [2.75, 3.05) is 14.2 Å². The first-order valence-electron chi connectivity index (χ1n) is 6.07. The van der Waals surface area contributed by atoms with Crippen LogP contribution in [0.5, 0.6) is 5.75 Å². The summed E-state index contributed by atoms with van der Waals surface area (Å²) in [6, 6.07) is 6.25. The molecule has 0 spiro atoms. The molecule has 1 atom stereocenters. The van der Waals surface area contributed by atoms with Crippen LogP contribution in [0.25, 0.3) is 0 Å². The normalized spacial score (nSPS) is 18.1. The minimum atomic E-state index is -0.564. The zero-order chi connectivity index (χ0) is 14.7. The zero-order valence-electron chi connectivity index (χ0n) is 11.5. The standard InChI is InChI=1S/C14H16N2O4/c1-8-11(13(17)20-3)12(16-14(18)15-8)9-5-4-6-10(7-9)19-2/h4-7,12H,1-3H3,(H2,15,16,18)/t12-/m0/s1. The van der Waals surface area contributed by atoms with Crippen molar-refractivity contribution in [3.63, 3.8) is 0 Å². The first kappa shape index (κ1) is 13.9. The van der Waals surface area contributed by atoms with Crippen molar-refractivity contribution >= 4 is 12.0 Å². The molecular formula is C14H16N2O4. The molecule has 0 aliphatic carbocycles. The third kappa shape index (κ3) is 2.59. The summed E-state index contributed by atoms with van der Waals surface area (Å²) in [5, 5.41) is 5.29. The van der Waals surface area contributed by atoms with Gasteiger partial charge in [-0.3, -0.25) is 0 Å². The summed E-state index contributed by atoms with van der Waals surface area (Å²) in [5.74, 6) is 0.167. The Morgan fingerprint density at radius 2 is 2.05 bits per heavy atom. The van der Waals surface area contributed by atoms with Crippen molar-refractivity contribution in [3.05, 3.63) is 41.1 Å². The Morgan fingerprint density at radius 3 is 2.70 bits per heavy atom. The van der Waals surface area contributed by atoms with Crippen molar-refractivity contribution < 1.29 is 19.1 Å². The highest BCUT2D eigenvalue weighted by Gasteiger charge is 2.31. The molecule has 2 N–H and O–H groups in total. The first-order valence-corrected chi connectivity index (χ1v) is 6.07. The van der Waals surface area contributed by atoms with Crippen molar-refractivity contribution in [3.8, 4) is 5.75 Å². The smallest absolute Gasteiger partial charge is 0.337 e. The Balaban J connectivity index is 2.48. The summed E-state index contributed by atoms with van der Waals surface area (Å²) in [4.78, 5) is 23.5. The van der Waals surface area contributed by atoms with E-state index in [1.807, 2.05) is 6.07 Å². The predicted molar refractivity (Wildman–Crippen MR) is 72.1 cm³/mol. The molecule has 2 rings (SSSR count). The third-order valence-electron chi connectivity index (χ3n) is 3.10. The van der Waals surface area contributed by atoms with Gasteiger partial charge in [0.25, 0.3) is 0 Å². The quantitative estimate of drug-likeness (QED) is 0.820. The molecule has 6 nitrogen and oxygen atoms in total. The fraction of sp³-hybridized carbons (Fsp3) is 0.286. The Morgan fingerprint density at radius 1 is 1.30 bits per heavy atom. The second kappa shape index (κ2) is 5.64. The van der Waals surface area contributed by atoms with Crippen molar-refractivity contribution in [1.29, 1.82) is 0 Å². The summed E-state index contributed by atoms with van der Waals surface area (Å²) in [7, 11) is 2.87. The second-order valence-electron chi connectivity index (χ2n) is 4.34. The van der Waals surface area contributed by atoms with E-state index in [0.29, 0.717) is 17.0 Å². The lowest BCUT2D eigenvalue weighted by Gasteiger charge is -2.27. The lowest BCUT2D eigenvalue weighted by molar-refractivity contribution is -0.136. The van der Waals surface area contributed by atoms with E-state index in [4.69, 9.17) is 9.47 Å². The van der Waals surface area contributed by atoms with Crippen molar-refractivity contribution in [2.45, 2.75) is 13.0 Å². The highest BCUT2D eigenvalue weighted by molar-refractivity contribution is 5.94. The number of methoxy groups -OCH3 is 2. The Bertz CT molecular complexity index is 580.